The molecule has 0 saturated carbocycles. The highest BCUT2D eigenvalue weighted by Gasteiger charge is 2.46. The summed E-state index contributed by atoms with van der Waals surface area (Å²) in [6.45, 7) is 7.18. The van der Waals surface area contributed by atoms with Gasteiger partial charge in [-0.3, -0.25) is 9.69 Å². The molecular weight excluding hydrogens is 317 g/mol. The number of hydrogen-bond acceptors (Lipinski definition) is 3. The van der Waals surface area contributed by atoms with Gasteiger partial charge in [0.15, 0.2) is 0 Å². The molecule has 25 heavy (non-hydrogen) atoms. The maximum absolute atomic E-state index is 13.1. The number of halogens is 1. The SMILES string of the molecule is CN1CC2(CCNCC2)C[C@H]1C(=O)NC(C)(C)Cc1ccc(F)cc1. The van der Waals surface area contributed by atoms with Crippen LogP contribution < -0.4 is 10.6 Å². The number of likely N-dealkylation sites (tertiary alicyclic amines) is 1. The van der Waals surface area contributed by atoms with Crippen molar-refractivity contribution in [3.8, 4) is 0 Å². The Hall–Kier alpha value is -1.46. The van der Waals surface area contributed by atoms with E-state index in [2.05, 4.69) is 22.6 Å². The summed E-state index contributed by atoms with van der Waals surface area (Å²) < 4.78 is 13.1. The third kappa shape index (κ3) is 4.39. The minimum atomic E-state index is -0.361. The van der Waals surface area contributed by atoms with E-state index in [0.29, 0.717) is 11.8 Å². The quantitative estimate of drug-likeness (QED) is 0.879. The van der Waals surface area contributed by atoms with Crippen molar-refractivity contribution in [2.24, 2.45) is 5.41 Å². The van der Waals surface area contributed by atoms with Gasteiger partial charge in [0.05, 0.1) is 6.04 Å². The molecule has 2 aliphatic rings. The third-order valence-electron chi connectivity index (χ3n) is 5.73. The monoisotopic (exact) mass is 347 g/mol. The van der Waals surface area contributed by atoms with Gasteiger partial charge in [-0.25, -0.2) is 4.39 Å². The second kappa shape index (κ2) is 7.04. The summed E-state index contributed by atoms with van der Waals surface area (Å²) in [6.07, 6.45) is 3.94. The van der Waals surface area contributed by atoms with Gasteiger partial charge in [0.1, 0.15) is 5.82 Å². The van der Waals surface area contributed by atoms with Crippen LogP contribution in [0.15, 0.2) is 24.3 Å². The number of piperidine rings is 1. The number of carbonyl (C=O) groups excluding carboxylic acids is 1. The van der Waals surface area contributed by atoms with E-state index in [4.69, 9.17) is 0 Å². The summed E-state index contributed by atoms with van der Waals surface area (Å²) in [6, 6.07) is 6.47. The molecule has 4 nitrogen and oxygen atoms in total. The van der Waals surface area contributed by atoms with Gasteiger partial charge in [0.25, 0.3) is 0 Å². The Balaban J connectivity index is 1.61. The molecule has 1 spiro atoms. The van der Waals surface area contributed by atoms with Crippen molar-refractivity contribution < 1.29 is 9.18 Å². The molecule has 1 aromatic rings. The van der Waals surface area contributed by atoms with Crippen LogP contribution in [0.4, 0.5) is 4.39 Å². The Bertz CT molecular complexity index is 608. The molecule has 1 atom stereocenters. The number of amides is 1. The lowest BCUT2D eigenvalue weighted by atomic mass is 9.77. The second-order valence-corrected chi connectivity index (χ2v) is 8.56. The van der Waals surface area contributed by atoms with Crippen LogP contribution in [-0.2, 0) is 11.2 Å². The fourth-order valence-corrected chi connectivity index (χ4v) is 4.46. The topological polar surface area (TPSA) is 44.4 Å². The molecule has 1 amide bonds. The summed E-state index contributed by atoms with van der Waals surface area (Å²) >= 11 is 0. The lowest BCUT2D eigenvalue weighted by molar-refractivity contribution is -0.126. The average molecular weight is 347 g/mol. The number of nitrogens with one attached hydrogen (secondary N) is 2. The van der Waals surface area contributed by atoms with Crippen molar-refractivity contribution in [3.63, 3.8) is 0 Å². The number of hydrogen-bond donors (Lipinski definition) is 2. The van der Waals surface area contributed by atoms with Crippen LogP contribution in [0.3, 0.4) is 0 Å². The van der Waals surface area contributed by atoms with E-state index in [1.54, 1.807) is 12.1 Å². The largest absolute Gasteiger partial charge is 0.350 e. The Labute approximate surface area is 150 Å². The van der Waals surface area contributed by atoms with Gasteiger partial charge < -0.3 is 10.6 Å². The van der Waals surface area contributed by atoms with Crippen LogP contribution in [-0.4, -0.2) is 49.1 Å². The Morgan fingerprint density at radius 3 is 2.60 bits per heavy atom. The van der Waals surface area contributed by atoms with E-state index in [0.717, 1.165) is 44.5 Å². The Morgan fingerprint density at radius 2 is 1.96 bits per heavy atom. The van der Waals surface area contributed by atoms with Crippen molar-refractivity contribution in [1.29, 1.82) is 0 Å². The Kier molecular flexibility index (Phi) is 5.16. The highest BCUT2D eigenvalue weighted by molar-refractivity contribution is 5.83. The maximum atomic E-state index is 13.1. The van der Waals surface area contributed by atoms with Gasteiger partial charge in [-0.1, -0.05) is 12.1 Å². The smallest absolute Gasteiger partial charge is 0.237 e. The molecule has 0 bridgehead atoms. The van der Waals surface area contributed by atoms with Gasteiger partial charge in [-0.15, -0.1) is 0 Å². The number of likely N-dealkylation sites (N-methyl/N-ethyl adjacent to an activating group) is 1. The standard InChI is InChI=1S/C20H30FN3O/c1-19(2,12-15-4-6-16(21)7-5-15)23-18(25)17-13-20(14-24(17)3)8-10-22-11-9-20/h4-7,17,22H,8-14H2,1-3H3,(H,23,25)/t17-/m0/s1. The van der Waals surface area contributed by atoms with Crippen molar-refractivity contribution in [1.82, 2.24) is 15.5 Å². The van der Waals surface area contributed by atoms with Crippen molar-refractivity contribution in [2.75, 3.05) is 26.7 Å². The zero-order valence-corrected chi connectivity index (χ0v) is 15.6. The molecule has 2 heterocycles. The van der Waals surface area contributed by atoms with Gasteiger partial charge >= 0.3 is 0 Å². The fourth-order valence-electron chi connectivity index (χ4n) is 4.46. The molecular formula is C20H30FN3O. The highest BCUT2D eigenvalue weighted by atomic mass is 19.1. The summed E-state index contributed by atoms with van der Waals surface area (Å²) in [5, 5.41) is 6.64. The average Bonchev–Trinajstić information content (AvgIpc) is 2.86. The molecule has 2 fully saturated rings. The van der Waals surface area contributed by atoms with E-state index in [9.17, 15) is 9.18 Å². The molecule has 0 unspecified atom stereocenters. The van der Waals surface area contributed by atoms with Crippen LogP contribution in [0, 0.1) is 11.2 Å². The number of benzene rings is 1. The van der Waals surface area contributed by atoms with Crippen LogP contribution >= 0.6 is 0 Å². The summed E-state index contributed by atoms with van der Waals surface area (Å²) in [4.78, 5) is 15.1. The molecule has 2 N–H and O–H groups in total. The third-order valence-corrected chi connectivity index (χ3v) is 5.73. The predicted molar refractivity (Wildman–Crippen MR) is 97.9 cm³/mol. The summed E-state index contributed by atoms with van der Waals surface area (Å²) in [5.74, 6) is -0.115. The lowest BCUT2D eigenvalue weighted by Crippen LogP contribution is -2.51. The molecule has 2 aliphatic heterocycles. The molecule has 0 radical (unpaired) electrons. The van der Waals surface area contributed by atoms with E-state index in [1.807, 2.05) is 13.8 Å². The molecule has 1 aromatic carbocycles. The van der Waals surface area contributed by atoms with E-state index in [-0.39, 0.29) is 23.3 Å². The first-order valence-corrected chi connectivity index (χ1v) is 9.26. The first kappa shape index (κ1) is 18.3. The molecule has 3 rings (SSSR count). The molecule has 0 aliphatic carbocycles. The van der Waals surface area contributed by atoms with E-state index in [1.165, 1.54) is 12.1 Å². The number of carbonyl (C=O) groups is 1. The van der Waals surface area contributed by atoms with Gasteiger partial charge in [-0.2, -0.15) is 0 Å². The molecule has 5 heteroatoms. The molecule has 138 valence electrons. The summed E-state index contributed by atoms with van der Waals surface area (Å²) in [5.41, 5.74) is 0.962. The van der Waals surface area contributed by atoms with Crippen LogP contribution in [0.25, 0.3) is 0 Å². The van der Waals surface area contributed by atoms with Crippen LogP contribution in [0.2, 0.25) is 0 Å². The van der Waals surface area contributed by atoms with Crippen LogP contribution in [0.1, 0.15) is 38.7 Å². The highest BCUT2D eigenvalue weighted by Crippen LogP contribution is 2.41. The van der Waals surface area contributed by atoms with Gasteiger partial charge in [0, 0.05) is 12.1 Å². The number of rotatable bonds is 4. The Morgan fingerprint density at radius 1 is 1.32 bits per heavy atom. The second-order valence-electron chi connectivity index (χ2n) is 8.56. The van der Waals surface area contributed by atoms with Crippen molar-refractivity contribution in [3.05, 3.63) is 35.6 Å². The maximum Gasteiger partial charge on any atom is 0.237 e. The minimum Gasteiger partial charge on any atom is -0.350 e. The van der Waals surface area contributed by atoms with Crippen LogP contribution in [0.5, 0.6) is 0 Å². The van der Waals surface area contributed by atoms with Crippen molar-refractivity contribution >= 4 is 5.91 Å². The minimum absolute atomic E-state index is 0.0504. The first-order chi connectivity index (χ1) is 11.8. The summed E-state index contributed by atoms with van der Waals surface area (Å²) in [7, 11) is 2.06. The fraction of sp³-hybridized carbons (Fsp3) is 0.650. The number of nitrogens with zero attached hydrogens (tertiary/aromatic N) is 1. The van der Waals surface area contributed by atoms with E-state index < -0.39 is 0 Å². The lowest BCUT2D eigenvalue weighted by Gasteiger charge is -2.33. The van der Waals surface area contributed by atoms with E-state index >= 15 is 0 Å². The molecule has 2 saturated heterocycles. The zero-order chi connectivity index (χ0) is 18.1. The van der Waals surface area contributed by atoms with Gasteiger partial charge in [0.2, 0.25) is 5.91 Å². The predicted octanol–water partition coefficient (Wildman–Crippen LogP) is 2.34. The zero-order valence-electron chi connectivity index (χ0n) is 15.6. The van der Waals surface area contributed by atoms with Gasteiger partial charge in [-0.05, 0) is 82.8 Å². The first-order valence-electron chi connectivity index (χ1n) is 9.26. The van der Waals surface area contributed by atoms with Crippen molar-refractivity contribution in [2.45, 2.75) is 51.1 Å². The molecule has 0 aromatic heterocycles. The normalized spacial score (nSPS) is 23.8.